The zero-order valence-electron chi connectivity index (χ0n) is 55.2. The number of primary amides is 1. The lowest BCUT2D eigenvalue weighted by atomic mass is 10.3. The number of aromatic nitrogens is 21. The monoisotopic (exact) mass is 1480 g/mol. The molecular formula is C61H61N27O11S4. The Morgan fingerprint density at radius 3 is 1.26 bits per heavy atom. The predicted molar refractivity (Wildman–Crippen MR) is 368 cm³/mol. The van der Waals surface area contributed by atoms with Crippen molar-refractivity contribution < 1.29 is 47.8 Å². The number of sulfonamides is 4. The van der Waals surface area contributed by atoms with Gasteiger partial charge in [-0.15, -0.1) is 0 Å². The van der Waals surface area contributed by atoms with Gasteiger partial charge in [-0.25, -0.2) is 73.0 Å². The minimum absolute atomic E-state index is 0.0615. The third-order valence-corrected chi connectivity index (χ3v) is 18.5. The Labute approximate surface area is 587 Å². The van der Waals surface area contributed by atoms with Gasteiger partial charge < -0.3 is 24.7 Å². The summed E-state index contributed by atoms with van der Waals surface area (Å²) in [7, 11) is -14.0. The molecule has 0 spiro atoms. The average Bonchev–Trinajstić information content (AvgIpc) is 1.76. The van der Waals surface area contributed by atoms with Gasteiger partial charge in [0.25, 0.3) is 31.9 Å². The Morgan fingerprint density at radius 2 is 0.883 bits per heavy atom. The number of hydrogen-bond donors (Lipinski definition) is 6. The van der Waals surface area contributed by atoms with Gasteiger partial charge in [0.05, 0.1) is 0 Å². The molecule has 0 saturated carbocycles. The molecule has 38 nitrogen and oxygen atoms in total. The molecule has 13 rings (SSSR count). The fourth-order valence-corrected chi connectivity index (χ4v) is 13.0. The third-order valence-electron chi connectivity index (χ3n) is 13.6. The second kappa shape index (κ2) is 32.2. The van der Waals surface area contributed by atoms with Crippen molar-refractivity contribution in [3.05, 3.63) is 199 Å². The molecule has 1 aliphatic rings. The number of carbonyl (C=O) groups excluding carboxylic acids is 2. The van der Waals surface area contributed by atoms with Crippen LogP contribution in [0.1, 0.15) is 74.4 Å². The van der Waals surface area contributed by atoms with Crippen molar-refractivity contribution in [2.75, 3.05) is 32.0 Å². The molecule has 0 aliphatic carbocycles. The first kappa shape index (κ1) is 73.2. The van der Waals surface area contributed by atoms with Gasteiger partial charge in [0.1, 0.15) is 96.0 Å². The van der Waals surface area contributed by atoms with Crippen LogP contribution in [0.2, 0.25) is 0 Å². The number of H-pyrrole nitrogens is 1. The summed E-state index contributed by atoms with van der Waals surface area (Å²) in [6, 6.07) is 26.7. The summed E-state index contributed by atoms with van der Waals surface area (Å²) < 4.78 is 115. The van der Waals surface area contributed by atoms with E-state index in [0.717, 1.165) is 12.8 Å². The average molecular weight is 1480 g/mol. The summed E-state index contributed by atoms with van der Waals surface area (Å²) >= 11 is 0. The standard InChI is InChI=1S/C18H19N7O3S.C15H15N7O3S.C14H13N7O2S.C14H14N6O3S/c1-12-21-16(14-6-2-3-7-19-14)23-18(22-12)24-29(27,28)13-10-15(20-11-13)17(26)25-8-4-5-9-25;1-9-18-14(11-5-3-4-6-17-11)20-15(19-9)21-26(24,25)10-7-12(13(16)23)22(2)8-10;1-10-18-13(11-5-2-3-6-15-11)20-14(19-10)21-24(22,23)9-12-16-7-4-8-17-12;1-9-7-11(19-23-9)8-24(21,22)20-14-17-10(2)16-13(18-14)12-5-3-4-6-15-12/h2-3,6-7,10-11,20H,4-5,8-9H2,1H3,(H,21,22,23,24);3-8H,1-2H3,(H2,16,23)(H,18,19,20,21);2-8H,9H2,1H3,(H,18,19,20,21);3-7H,8H2,1-2H3,(H,16,17,18,20). The Balaban J connectivity index is 0.000000148. The molecule has 12 aromatic rings. The Morgan fingerprint density at radius 1 is 0.485 bits per heavy atom. The van der Waals surface area contributed by atoms with Crippen molar-refractivity contribution in [1.82, 2.24) is 109 Å². The molecule has 1 fully saturated rings. The molecule has 13 heterocycles. The molecule has 0 radical (unpaired) electrons. The van der Waals surface area contributed by atoms with E-state index < -0.39 is 46.0 Å². The Kier molecular flexibility index (Phi) is 22.9. The van der Waals surface area contributed by atoms with Crippen LogP contribution in [0.25, 0.3) is 46.1 Å². The molecule has 0 bridgehead atoms. The van der Waals surface area contributed by atoms with Crippen LogP contribution in [0.4, 0.5) is 23.8 Å². The van der Waals surface area contributed by atoms with Crippen LogP contribution in [0.3, 0.4) is 0 Å². The minimum Gasteiger partial charge on any atom is -0.364 e. The molecule has 0 unspecified atom stereocenters. The topological polar surface area (TPSA) is 527 Å². The second-order valence-electron chi connectivity index (χ2n) is 21.8. The lowest BCUT2D eigenvalue weighted by Crippen LogP contribution is -2.27. The highest BCUT2D eigenvalue weighted by molar-refractivity contribution is 7.93. The third kappa shape index (κ3) is 20.5. The van der Waals surface area contributed by atoms with Crippen LogP contribution in [-0.4, -0.2) is 168 Å². The van der Waals surface area contributed by atoms with Gasteiger partial charge in [-0.2, -0.15) is 39.9 Å². The number of pyridine rings is 4. The maximum Gasteiger partial charge on any atom is 0.270 e. The maximum atomic E-state index is 12.7. The molecule has 12 aromatic heterocycles. The predicted octanol–water partition coefficient (Wildman–Crippen LogP) is 4.54. The summed E-state index contributed by atoms with van der Waals surface area (Å²) in [4.78, 5) is 102. The number of nitrogens with two attached hydrogens (primary N) is 1. The molecule has 42 heteroatoms. The number of carbonyl (C=O) groups is 2. The summed E-state index contributed by atoms with van der Waals surface area (Å²) in [6.07, 6.45) is 13.8. The molecule has 530 valence electrons. The molecular weight excluding hydrogens is 1420 g/mol. The summed E-state index contributed by atoms with van der Waals surface area (Å²) in [5.41, 5.74) is 7.83. The quantitative estimate of drug-likeness (QED) is 0.0610. The highest BCUT2D eigenvalue weighted by Crippen LogP contribution is 2.23. The van der Waals surface area contributed by atoms with Crippen LogP contribution in [0.15, 0.2) is 161 Å². The van der Waals surface area contributed by atoms with Gasteiger partial charge in [-0.1, -0.05) is 29.4 Å². The van der Waals surface area contributed by atoms with Crippen LogP contribution in [0, 0.1) is 34.6 Å². The van der Waals surface area contributed by atoms with Gasteiger partial charge >= 0.3 is 0 Å². The first-order valence-corrected chi connectivity index (χ1v) is 36.6. The number of hydrogen-bond acceptors (Lipinski definition) is 30. The zero-order valence-corrected chi connectivity index (χ0v) is 58.5. The van der Waals surface area contributed by atoms with Gasteiger partial charge in [-0.05, 0) is 114 Å². The van der Waals surface area contributed by atoms with Crippen molar-refractivity contribution in [1.29, 1.82) is 0 Å². The molecule has 7 N–H and O–H groups in total. The van der Waals surface area contributed by atoms with Gasteiger partial charge in [0, 0.05) is 75.8 Å². The number of amides is 2. The number of nitrogens with zero attached hydrogens (tertiary/aromatic N) is 21. The van der Waals surface area contributed by atoms with Crippen molar-refractivity contribution in [3.8, 4) is 46.1 Å². The zero-order chi connectivity index (χ0) is 73.5. The SMILES string of the molecule is Cc1nc(NS(=O)(=O)Cc2cc(C)on2)nc(-c2ccccn2)n1.Cc1nc(NS(=O)(=O)Cc2ncccn2)nc(-c2ccccn2)n1.Cc1nc(NS(=O)(=O)c2c[nH]c(C(=O)N3CCCC3)c2)nc(-c2ccccn2)n1.Cc1nc(NS(=O)(=O)c2cc(C(N)=O)n(C)c2)nc(-c2ccccn2)n1. The normalized spacial score (nSPS) is 12.1. The molecule has 0 aromatic carbocycles. The van der Waals surface area contributed by atoms with Gasteiger partial charge in [0.2, 0.25) is 43.8 Å². The van der Waals surface area contributed by atoms with E-state index in [1.807, 2.05) is 0 Å². The summed E-state index contributed by atoms with van der Waals surface area (Å²) in [5.74, 6) is 1.14. The molecule has 2 amide bonds. The van der Waals surface area contributed by atoms with E-state index in [9.17, 15) is 43.3 Å². The van der Waals surface area contributed by atoms with Crippen LogP contribution < -0.4 is 24.6 Å². The van der Waals surface area contributed by atoms with E-state index in [2.05, 4.69) is 119 Å². The van der Waals surface area contributed by atoms with Crippen LogP contribution >= 0.6 is 0 Å². The lowest BCUT2D eigenvalue weighted by molar-refractivity contribution is 0.0787. The van der Waals surface area contributed by atoms with Crippen LogP contribution in [-0.2, 0) is 58.6 Å². The number of anilines is 4. The van der Waals surface area contributed by atoms with E-state index in [1.54, 1.807) is 149 Å². The van der Waals surface area contributed by atoms with Crippen molar-refractivity contribution in [2.24, 2.45) is 12.8 Å². The number of aromatic amines is 1. The molecule has 0 atom stereocenters. The van der Waals surface area contributed by atoms with Crippen LogP contribution in [0.5, 0.6) is 0 Å². The van der Waals surface area contributed by atoms with E-state index in [4.69, 9.17) is 10.3 Å². The Bertz CT molecular complexity index is 5460. The Hall–Kier alpha value is -12.6. The molecule has 103 heavy (non-hydrogen) atoms. The fourth-order valence-electron chi connectivity index (χ4n) is 9.18. The largest absolute Gasteiger partial charge is 0.364 e. The van der Waals surface area contributed by atoms with Crippen molar-refractivity contribution >= 4 is 75.7 Å². The minimum atomic E-state index is -4.02. The molecule has 1 saturated heterocycles. The van der Waals surface area contributed by atoms with Crippen molar-refractivity contribution in [2.45, 2.75) is 68.8 Å². The van der Waals surface area contributed by atoms with E-state index in [1.165, 1.54) is 48.5 Å². The van der Waals surface area contributed by atoms with E-state index in [0.29, 0.717) is 70.6 Å². The maximum absolute atomic E-state index is 12.7. The van der Waals surface area contributed by atoms with E-state index in [-0.39, 0.29) is 91.5 Å². The van der Waals surface area contributed by atoms with E-state index >= 15 is 0 Å². The van der Waals surface area contributed by atoms with Crippen molar-refractivity contribution in [3.63, 3.8) is 0 Å². The number of likely N-dealkylation sites (tertiary alicyclic amines) is 1. The highest BCUT2D eigenvalue weighted by atomic mass is 32.2. The fraction of sp³-hybridized carbons (Fsp3) is 0.197. The lowest BCUT2D eigenvalue weighted by Gasteiger charge is -2.13. The number of nitrogens with one attached hydrogen (secondary N) is 5. The smallest absolute Gasteiger partial charge is 0.270 e. The second-order valence-corrected chi connectivity index (χ2v) is 28.6. The number of rotatable bonds is 20. The highest BCUT2D eigenvalue weighted by Gasteiger charge is 2.27. The van der Waals surface area contributed by atoms with Gasteiger partial charge in [-0.3, -0.25) is 39.0 Å². The first-order valence-electron chi connectivity index (χ1n) is 30.4. The molecule has 1 aliphatic heterocycles. The summed E-state index contributed by atoms with van der Waals surface area (Å²) in [6.45, 7) is 9.58. The first-order chi connectivity index (χ1) is 49.1. The van der Waals surface area contributed by atoms with Gasteiger partial charge in [0.15, 0.2) is 23.3 Å². The summed E-state index contributed by atoms with van der Waals surface area (Å²) in [5, 5.41) is 3.67. The number of aryl methyl sites for hydroxylation is 6.